The number of aromatic nitrogens is 1. The van der Waals surface area contributed by atoms with E-state index in [4.69, 9.17) is 10.5 Å². The number of benzene rings is 2. The zero-order valence-corrected chi connectivity index (χ0v) is 9.89. The number of anilines is 1. The molecule has 3 N–H and O–H groups in total. The summed E-state index contributed by atoms with van der Waals surface area (Å²) in [5, 5.41) is 1.06. The van der Waals surface area contributed by atoms with E-state index in [1.54, 1.807) is 0 Å². The van der Waals surface area contributed by atoms with Gasteiger partial charge in [0, 0.05) is 23.3 Å². The molecule has 3 heteroatoms. The fraction of sp³-hybridized carbons (Fsp3) is 0.0667. The van der Waals surface area contributed by atoms with Crippen molar-refractivity contribution in [2.75, 3.05) is 5.73 Å². The van der Waals surface area contributed by atoms with E-state index in [9.17, 15) is 0 Å². The highest BCUT2D eigenvalue weighted by atomic mass is 16.5. The number of aromatic amines is 1. The number of nitrogens with one attached hydrogen (secondary N) is 1. The van der Waals surface area contributed by atoms with Crippen LogP contribution in [0.4, 0.5) is 5.69 Å². The van der Waals surface area contributed by atoms with Crippen LogP contribution in [0.3, 0.4) is 0 Å². The lowest BCUT2D eigenvalue weighted by atomic mass is 10.2. The van der Waals surface area contributed by atoms with Gasteiger partial charge in [-0.1, -0.05) is 30.3 Å². The van der Waals surface area contributed by atoms with E-state index in [1.165, 1.54) is 0 Å². The smallest absolute Gasteiger partial charge is 0.131 e. The highest BCUT2D eigenvalue weighted by Gasteiger charge is 2.05. The summed E-state index contributed by atoms with van der Waals surface area (Å²) in [6.45, 7) is 0.546. The molecule has 0 saturated carbocycles. The summed E-state index contributed by atoms with van der Waals surface area (Å²) in [6.07, 6.45) is 1.89. The second kappa shape index (κ2) is 4.45. The highest BCUT2D eigenvalue weighted by molar-refractivity contribution is 5.88. The molecule has 0 radical (unpaired) electrons. The SMILES string of the molecule is Nc1cc(OCc2ccccc2)c2cc[nH]c2c1. The van der Waals surface area contributed by atoms with Crippen LogP contribution in [0.25, 0.3) is 10.9 Å². The van der Waals surface area contributed by atoms with Crippen LogP contribution in [0.2, 0.25) is 0 Å². The number of fused-ring (bicyclic) bond motifs is 1. The van der Waals surface area contributed by atoms with E-state index in [1.807, 2.05) is 54.7 Å². The van der Waals surface area contributed by atoms with Gasteiger partial charge in [0.05, 0.1) is 5.52 Å². The van der Waals surface area contributed by atoms with E-state index in [0.717, 1.165) is 22.2 Å². The Bertz CT molecular complexity index is 659. The van der Waals surface area contributed by atoms with Gasteiger partial charge in [-0.15, -0.1) is 0 Å². The van der Waals surface area contributed by atoms with E-state index in [0.29, 0.717) is 12.3 Å². The van der Waals surface area contributed by atoms with E-state index in [-0.39, 0.29) is 0 Å². The maximum absolute atomic E-state index is 5.85. The van der Waals surface area contributed by atoms with Gasteiger partial charge in [-0.05, 0) is 17.7 Å². The van der Waals surface area contributed by atoms with Crippen LogP contribution in [-0.4, -0.2) is 4.98 Å². The molecule has 90 valence electrons. The minimum Gasteiger partial charge on any atom is -0.488 e. The van der Waals surface area contributed by atoms with Crippen molar-refractivity contribution in [3.63, 3.8) is 0 Å². The Balaban J connectivity index is 1.88. The number of nitrogen functional groups attached to an aromatic ring is 1. The van der Waals surface area contributed by atoms with Gasteiger partial charge in [-0.3, -0.25) is 0 Å². The fourth-order valence-electron chi connectivity index (χ4n) is 2.01. The molecule has 0 atom stereocenters. The van der Waals surface area contributed by atoms with Crippen molar-refractivity contribution >= 4 is 16.6 Å². The van der Waals surface area contributed by atoms with Crippen LogP contribution in [0, 0.1) is 0 Å². The van der Waals surface area contributed by atoms with Gasteiger partial charge in [0.15, 0.2) is 0 Å². The minimum absolute atomic E-state index is 0.546. The van der Waals surface area contributed by atoms with Crippen molar-refractivity contribution in [1.82, 2.24) is 4.98 Å². The number of hydrogen-bond acceptors (Lipinski definition) is 2. The fourth-order valence-corrected chi connectivity index (χ4v) is 2.01. The third-order valence-electron chi connectivity index (χ3n) is 2.89. The van der Waals surface area contributed by atoms with Gasteiger partial charge in [0.1, 0.15) is 12.4 Å². The molecule has 0 aliphatic rings. The number of ether oxygens (including phenoxy) is 1. The Morgan fingerprint density at radius 2 is 1.89 bits per heavy atom. The molecule has 0 aliphatic carbocycles. The molecule has 1 aromatic heterocycles. The number of rotatable bonds is 3. The van der Waals surface area contributed by atoms with Crippen molar-refractivity contribution in [1.29, 1.82) is 0 Å². The molecule has 0 bridgehead atoms. The van der Waals surface area contributed by atoms with Crippen LogP contribution >= 0.6 is 0 Å². The molecule has 2 aromatic carbocycles. The maximum atomic E-state index is 5.85. The van der Waals surface area contributed by atoms with Gasteiger partial charge in [-0.2, -0.15) is 0 Å². The normalized spacial score (nSPS) is 10.7. The molecule has 0 fully saturated rings. The lowest BCUT2D eigenvalue weighted by Gasteiger charge is -2.08. The minimum atomic E-state index is 0.546. The van der Waals surface area contributed by atoms with Crippen molar-refractivity contribution in [3.8, 4) is 5.75 Å². The Kier molecular flexibility index (Phi) is 2.65. The monoisotopic (exact) mass is 238 g/mol. The maximum Gasteiger partial charge on any atom is 0.131 e. The summed E-state index contributed by atoms with van der Waals surface area (Å²) in [7, 11) is 0. The third-order valence-corrected chi connectivity index (χ3v) is 2.89. The molecule has 0 amide bonds. The van der Waals surface area contributed by atoms with Crippen LogP contribution in [-0.2, 0) is 6.61 Å². The van der Waals surface area contributed by atoms with Crippen molar-refractivity contribution < 1.29 is 4.74 Å². The highest BCUT2D eigenvalue weighted by Crippen LogP contribution is 2.28. The predicted octanol–water partition coefficient (Wildman–Crippen LogP) is 3.33. The molecular weight excluding hydrogens is 224 g/mol. The Hall–Kier alpha value is -2.42. The largest absolute Gasteiger partial charge is 0.488 e. The van der Waals surface area contributed by atoms with E-state index >= 15 is 0 Å². The Morgan fingerprint density at radius 3 is 2.72 bits per heavy atom. The Morgan fingerprint density at radius 1 is 1.06 bits per heavy atom. The Labute approximate surface area is 105 Å². The quantitative estimate of drug-likeness (QED) is 0.688. The number of nitrogens with two attached hydrogens (primary N) is 1. The zero-order chi connectivity index (χ0) is 12.4. The zero-order valence-electron chi connectivity index (χ0n) is 9.89. The second-order valence-electron chi connectivity index (χ2n) is 4.23. The van der Waals surface area contributed by atoms with Crippen LogP contribution in [0.5, 0.6) is 5.75 Å². The molecule has 0 spiro atoms. The summed E-state index contributed by atoms with van der Waals surface area (Å²) in [5.74, 6) is 0.815. The average Bonchev–Trinajstić information content (AvgIpc) is 2.85. The van der Waals surface area contributed by atoms with Crippen LogP contribution < -0.4 is 10.5 Å². The lowest BCUT2D eigenvalue weighted by Crippen LogP contribution is -1.96. The van der Waals surface area contributed by atoms with Crippen LogP contribution in [0.15, 0.2) is 54.7 Å². The van der Waals surface area contributed by atoms with Gasteiger partial charge in [-0.25, -0.2) is 0 Å². The molecular formula is C15H14N2O. The summed E-state index contributed by atoms with van der Waals surface area (Å²) in [6, 6.07) is 15.8. The molecule has 0 aliphatic heterocycles. The number of H-pyrrole nitrogens is 1. The third kappa shape index (κ3) is 2.02. The van der Waals surface area contributed by atoms with Crippen molar-refractivity contribution in [2.45, 2.75) is 6.61 Å². The first-order valence-corrected chi connectivity index (χ1v) is 5.86. The molecule has 0 saturated heterocycles. The first kappa shape index (κ1) is 10.7. The molecule has 18 heavy (non-hydrogen) atoms. The van der Waals surface area contributed by atoms with Gasteiger partial charge in [0.2, 0.25) is 0 Å². The molecule has 3 nitrogen and oxygen atoms in total. The van der Waals surface area contributed by atoms with Crippen molar-refractivity contribution in [3.05, 3.63) is 60.3 Å². The summed E-state index contributed by atoms with van der Waals surface area (Å²) < 4.78 is 5.84. The van der Waals surface area contributed by atoms with Gasteiger partial charge < -0.3 is 15.5 Å². The summed E-state index contributed by atoms with van der Waals surface area (Å²) in [4.78, 5) is 3.14. The topological polar surface area (TPSA) is 51.0 Å². The molecule has 1 heterocycles. The van der Waals surface area contributed by atoms with E-state index < -0.39 is 0 Å². The van der Waals surface area contributed by atoms with Crippen molar-refractivity contribution in [2.24, 2.45) is 0 Å². The first-order valence-electron chi connectivity index (χ1n) is 5.86. The molecule has 3 rings (SSSR count). The predicted molar refractivity (Wildman–Crippen MR) is 73.5 cm³/mol. The van der Waals surface area contributed by atoms with E-state index in [2.05, 4.69) is 4.98 Å². The number of hydrogen-bond donors (Lipinski definition) is 2. The lowest BCUT2D eigenvalue weighted by molar-refractivity contribution is 0.310. The molecule has 0 unspecified atom stereocenters. The average molecular weight is 238 g/mol. The standard InChI is InChI=1S/C15H14N2O/c16-12-8-14-13(6-7-17-14)15(9-12)18-10-11-4-2-1-3-5-11/h1-9,17H,10,16H2. The van der Waals surface area contributed by atoms with Gasteiger partial charge >= 0.3 is 0 Å². The molecule has 3 aromatic rings. The first-order chi connectivity index (χ1) is 8.83. The summed E-state index contributed by atoms with van der Waals surface area (Å²) >= 11 is 0. The van der Waals surface area contributed by atoms with Crippen LogP contribution in [0.1, 0.15) is 5.56 Å². The van der Waals surface area contributed by atoms with Gasteiger partial charge in [0.25, 0.3) is 0 Å². The summed E-state index contributed by atoms with van der Waals surface area (Å²) in [5.41, 5.74) is 8.70. The second-order valence-corrected chi connectivity index (χ2v) is 4.23.